The number of aryl methyl sites for hydroxylation is 1. The average Bonchev–Trinajstić information content (AvgIpc) is 3.10. The first-order valence-corrected chi connectivity index (χ1v) is 9.32. The first kappa shape index (κ1) is 15.6. The third kappa shape index (κ3) is 3.09. The molecule has 1 aromatic rings. The van der Waals surface area contributed by atoms with Crippen LogP contribution in [0.1, 0.15) is 25.3 Å². The van der Waals surface area contributed by atoms with Gasteiger partial charge < -0.3 is 4.90 Å². The minimum Gasteiger partial charge on any atom is -0.338 e. The molecule has 0 N–H and O–H groups in total. The maximum absolute atomic E-state index is 12.5. The number of hydrogen-bond donors (Lipinski definition) is 0. The van der Waals surface area contributed by atoms with Crippen LogP contribution in [-0.2, 0) is 16.6 Å². The fraction of sp³-hybridized carbons (Fsp3) is 0.714. The first-order chi connectivity index (χ1) is 10.6. The molecule has 7 nitrogen and oxygen atoms in total. The van der Waals surface area contributed by atoms with E-state index in [1.165, 1.54) is 0 Å². The number of hydrogen-bond acceptors (Lipinski definition) is 5. The molecule has 22 heavy (non-hydrogen) atoms. The molecule has 2 aliphatic heterocycles. The topological polar surface area (TPSA) is 69.6 Å². The van der Waals surface area contributed by atoms with Crippen LogP contribution in [0.15, 0.2) is 12.4 Å². The van der Waals surface area contributed by atoms with Gasteiger partial charge in [-0.25, -0.2) is 9.97 Å². The molecule has 2 saturated heterocycles. The van der Waals surface area contributed by atoms with E-state index in [0.29, 0.717) is 45.2 Å². The summed E-state index contributed by atoms with van der Waals surface area (Å²) in [5.41, 5.74) is 1.11. The van der Waals surface area contributed by atoms with Gasteiger partial charge in [0.05, 0.1) is 0 Å². The Morgan fingerprint density at radius 2 is 1.50 bits per heavy atom. The van der Waals surface area contributed by atoms with E-state index in [2.05, 4.69) is 21.8 Å². The van der Waals surface area contributed by atoms with Crippen molar-refractivity contribution in [2.24, 2.45) is 0 Å². The SMILES string of the molecule is CCc1cnc(N2CCN(S(=O)(=O)N3CCCC3)CC2)nc1. The summed E-state index contributed by atoms with van der Waals surface area (Å²) in [6.07, 6.45) is 6.54. The Balaban J connectivity index is 1.62. The van der Waals surface area contributed by atoms with Crippen LogP contribution in [0, 0.1) is 0 Å². The van der Waals surface area contributed by atoms with Gasteiger partial charge in [0.15, 0.2) is 0 Å². The van der Waals surface area contributed by atoms with Crippen molar-refractivity contribution in [2.75, 3.05) is 44.2 Å². The molecule has 0 unspecified atom stereocenters. The second-order valence-corrected chi connectivity index (χ2v) is 7.67. The van der Waals surface area contributed by atoms with Crippen LogP contribution in [0.25, 0.3) is 0 Å². The quantitative estimate of drug-likeness (QED) is 0.806. The lowest BCUT2D eigenvalue weighted by molar-refractivity contribution is 0.342. The van der Waals surface area contributed by atoms with Crippen LogP contribution in [-0.4, -0.2) is 66.3 Å². The van der Waals surface area contributed by atoms with E-state index < -0.39 is 10.2 Å². The zero-order valence-electron chi connectivity index (χ0n) is 13.0. The van der Waals surface area contributed by atoms with Crippen molar-refractivity contribution in [3.63, 3.8) is 0 Å². The van der Waals surface area contributed by atoms with Crippen molar-refractivity contribution in [3.05, 3.63) is 18.0 Å². The lowest BCUT2D eigenvalue weighted by Gasteiger charge is -2.35. The third-order valence-corrected chi connectivity index (χ3v) is 6.37. The number of nitrogens with zero attached hydrogens (tertiary/aromatic N) is 5. The molecule has 122 valence electrons. The van der Waals surface area contributed by atoms with E-state index >= 15 is 0 Å². The molecule has 3 heterocycles. The monoisotopic (exact) mass is 325 g/mol. The van der Waals surface area contributed by atoms with Crippen LogP contribution < -0.4 is 4.90 Å². The fourth-order valence-corrected chi connectivity index (χ4v) is 4.57. The molecular weight excluding hydrogens is 302 g/mol. The Bertz CT molecular complexity index is 590. The highest BCUT2D eigenvalue weighted by molar-refractivity contribution is 7.86. The van der Waals surface area contributed by atoms with E-state index in [4.69, 9.17) is 0 Å². The Kier molecular flexibility index (Phi) is 4.60. The number of anilines is 1. The molecular formula is C14H23N5O2S. The molecule has 0 spiro atoms. The minimum absolute atomic E-state index is 0.498. The van der Waals surface area contributed by atoms with E-state index in [1.807, 2.05) is 12.4 Å². The molecule has 0 saturated carbocycles. The van der Waals surface area contributed by atoms with E-state index in [9.17, 15) is 8.42 Å². The normalized spacial score (nSPS) is 21.4. The number of aromatic nitrogens is 2. The molecule has 0 radical (unpaired) electrons. The summed E-state index contributed by atoms with van der Waals surface area (Å²) in [4.78, 5) is 10.8. The molecule has 3 rings (SSSR count). The van der Waals surface area contributed by atoms with Crippen LogP contribution in [0.4, 0.5) is 5.95 Å². The third-order valence-electron chi connectivity index (χ3n) is 4.34. The van der Waals surface area contributed by atoms with Gasteiger partial charge in [-0.2, -0.15) is 17.0 Å². The standard InChI is InChI=1S/C14H23N5O2S/c1-2-13-11-15-14(16-12-13)17-7-9-19(10-8-17)22(20,21)18-5-3-4-6-18/h11-12H,2-10H2,1H3. The summed E-state index contributed by atoms with van der Waals surface area (Å²) in [5.74, 6) is 0.690. The summed E-state index contributed by atoms with van der Waals surface area (Å²) < 4.78 is 28.2. The molecule has 0 amide bonds. The Labute approximate surface area is 132 Å². The largest absolute Gasteiger partial charge is 0.338 e. The van der Waals surface area contributed by atoms with Crippen molar-refractivity contribution in [2.45, 2.75) is 26.2 Å². The van der Waals surface area contributed by atoms with Gasteiger partial charge in [0, 0.05) is 51.7 Å². The van der Waals surface area contributed by atoms with Crippen molar-refractivity contribution in [1.82, 2.24) is 18.6 Å². The molecule has 0 aliphatic carbocycles. The average molecular weight is 325 g/mol. The second kappa shape index (κ2) is 6.47. The number of piperazine rings is 1. The van der Waals surface area contributed by atoms with Crippen LogP contribution in [0.3, 0.4) is 0 Å². The van der Waals surface area contributed by atoms with Gasteiger partial charge >= 0.3 is 0 Å². The predicted molar refractivity (Wildman–Crippen MR) is 84.9 cm³/mol. The van der Waals surface area contributed by atoms with Crippen LogP contribution in [0.5, 0.6) is 0 Å². The Hall–Kier alpha value is -1.25. The highest BCUT2D eigenvalue weighted by Crippen LogP contribution is 2.19. The second-order valence-electron chi connectivity index (χ2n) is 5.74. The molecule has 1 aromatic heterocycles. The van der Waals surface area contributed by atoms with Gasteiger partial charge in [0.25, 0.3) is 10.2 Å². The van der Waals surface area contributed by atoms with Crippen molar-refractivity contribution >= 4 is 16.2 Å². The highest BCUT2D eigenvalue weighted by Gasteiger charge is 2.34. The highest BCUT2D eigenvalue weighted by atomic mass is 32.2. The minimum atomic E-state index is -3.28. The summed E-state index contributed by atoms with van der Waals surface area (Å²) >= 11 is 0. The van der Waals surface area contributed by atoms with Gasteiger partial charge in [-0.15, -0.1) is 0 Å². The zero-order valence-corrected chi connectivity index (χ0v) is 13.8. The smallest absolute Gasteiger partial charge is 0.282 e. The van der Waals surface area contributed by atoms with Crippen molar-refractivity contribution < 1.29 is 8.42 Å². The summed E-state index contributed by atoms with van der Waals surface area (Å²) in [6, 6.07) is 0. The lowest BCUT2D eigenvalue weighted by Crippen LogP contribution is -2.52. The van der Waals surface area contributed by atoms with Crippen LogP contribution in [0.2, 0.25) is 0 Å². The van der Waals surface area contributed by atoms with E-state index in [1.54, 1.807) is 8.61 Å². The lowest BCUT2D eigenvalue weighted by atomic mass is 10.3. The molecule has 2 fully saturated rings. The molecule has 2 aliphatic rings. The van der Waals surface area contributed by atoms with Gasteiger partial charge in [-0.3, -0.25) is 0 Å². The molecule has 0 atom stereocenters. The zero-order chi connectivity index (χ0) is 15.6. The molecule has 0 aromatic carbocycles. The number of rotatable bonds is 4. The van der Waals surface area contributed by atoms with E-state index in [0.717, 1.165) is 24.8 Å². The molecule has 0 bridgehead atoms. The maximum Gasteiger partial charge on any atom is 0.282 e. The van der Waals surface area contributed by atoms with Crippen LogP contribution >= 0.6 is 0 Å². The summed E-state index contributed by atoms with van der Waals surface area (Å²) in [6.45, 7) is 5.65. The van der Waals surface area contributed by atoms with E-state index in [-0.39, 0.29) is 0 Å². The Morgan fingerprint density at radius 1 is 0.955 bits per heavy atom. The molecule has 8 heteroatoms. The first-order valence-electron chi connectivity index (χ1n) is 7.92. The van der Waals surface area contributed by atoms with Gasteiger partial charge in [-0.1, -0.05) is 6.92 Å². The predicted octanol–water partition coefficient (Wildman–Crippen LogP) is 0.502. The van der Waals surface area contributed by atoms with Crippen molar-refractivity contribution in [3.8, 4) is 0 Å². The Morgan fingerprint density at radius 3 is 2.05 bits per heavy atom. The van der Waals surface area contributed by atoms with Gasteiger partial charge in [0.1, 0.15) is 0 Å². The summed E-state index contributed by atoms with van der Waals surface area (Å²) in [7, 11) is -3.28. The summed E-state index contributed by atoms with van der Waals surface area (Å²) in [5, 5.41) is 0. The van der Waals surface area contributed by atoms with Gasteiger partial charge in [-0.05, 0) is 24.8 Å². The van der Waals surface area contributed by atoms with Crippen molar-refractivity contribution in [1.29, 1.82) is 0 Å². The fourth-order valence-electron chi connectivity index (χ4n) is 2.89. The maximum atomic E-state index is 12.5. The van der Waals surface area contributed by atoms with Gasteiger partial charge in [0.2, 0.25) is 5.95 Å².